The lowest BCUT2D eigenvalue weighted by atomic mass is 9.74. The molecule has 8 heteroatoms. The fraction of sp³-hybridized carbons (Fsp3) is 0.364. The molecule has 2 aromatic rings. The molecule has 0 N–H and O–H groups in total. The van der Waals surface area contributed by atoms with Crippen molar-refractivity contribution in [2.45, 2.75) is 50.3 Å². The molecule has 4 rings (SSSR count). The molecule has 0 bridgehead atoms. The van der Waals surface area contributed by atoms with Gasteiger partial charge in [-0.25, -0.2) is 17.6 Å². The van der Waals surface area contributed by atoms with Crippen molar-refractivity contribution in [2.75, 3.05) is 0 Å². The molecular formula is C22H16ClF4NO2. The molecular weight excluding hydrogens is 422 g/mol. The summed E-state index contributed by atoms with van der Waals surface area (Å²) < 4.78 is 62.8. The third-order valence-electron chi connectivity index (χ3n) is 5.75. The van der Waals surface area contributed by atoms with Gasteiger partial charge >= 0.3 is 5.97 Å². The number of hydrogen-bond donors (Lipinski definition) is 0. The molecule has 0 spiro atoms. The standard InChI is InChI=1S/C22H16ClF4NO2/c1-10(29)30-21-20-16(8-22(21,26)27)13(2-4-17(20)23)14-3-5-18(25)15-7-12(24)6-11(9-28)19(14)15/h2,4,6-7,14,18,21H,3,5,8H2,1H3/t14-,18+,21+/m1/s1. The predicted octanol–water partition coefficient (Wildman–Crippen LogP) is 6.08. The van der Waals surface area contributed by atoms with Crippen LogP contribution in [0.25, 0.3) is 0 Å². The van der Waals surface area contributed by atoms with Gasteiger partial charge in [0.2, 0.25) is 0 Å². The number of ether oxygens (including phenoxy) is 1. The van der Waals surface area contributed by atoms with Crippen molar-refractivity contribution >= 4 is 17.6 Å². The van der Waals surface area contributed by atoms with Crippen molar-refractivity contribution in [1.29, 1.82) is 5.26 Å². The highest BCUT2D eigenvalue weighted by molar-refractivity contribution is 6.31. The third-order valence-corrected chi connectivity index (χ3v) is 6.08. The molecule has 3 nitrogen and oxygen atoms in total. The van der Waals surface area contributed by atoms with E-state index in [1.807, 2.05) is 6.07 Å². The largest absolute Gasteiger partial charge is 0.451 e. The zero-order valence-corrected chi connectivity index (χ0v) is 16.6. The second-order valence-corrected chi connectivity index (χ2v) is 8.03. The number of nitriles is 1. The number of alkyl halides is 3. The van der Waals surface area contributed by atoms with Gasteiger partial charge in [-0.15, -0.1) is 0 Å². The van der Waals surface area contributed by atoms with Crippen molar-refractivity contribution in [3.05, 3.63) is 68.5 Å². The van der Waals surface area contributed by atoms with Crippen molar-refractivity contribution < 1.29 is 27.1 Å². The Morgan fingerprint density at radius 2 is 1.97 bits per heavy atom. The van der Waals surface area contributed by atoms with E-state index in [1.165, 1.54) is 6.07 Å². The minimum Gasteiger partial charge on any atom is -0.451 e. The van der Waals surface area contributed by atoms with Gasteiger partial charge in [0.05, 0.1) is 11.6 Å². The second-order valence-electron chi connectivity index (χ2n) is 7.62. The number of halogens is 5. The van der Waals surface area contributed by atoms with Crippen LogP contribution in [0.2, 0.25) is 5.02 Å². The van der Waals surface area contributed by atoms with E-state index in [2.05, 4.69) is 0 Å². The van der Waals surface area contributed by atoms with E-state index in [0.29, 0.717) is 11.1 Å². The van der Waals surface area contributed by atoms with Gasteiger partial charge in [-0.3, -0.25) is 4.79 Å². The normalized spacial score (nSPS) is 24.0. The van der Waals surface area contributed by atoms with Crippen LogP contribution in [0, 0.1) is 17.1 Å². The monoisotopic (exact) mass is 437 g/mol. The number of nitrogens with zero attached hydrogens (tertiary/aromatic N) is 1. The molecule has 0 heterocycles. The highest BCUT2D eigenvalue weighted by Gasteiger charge is 2.52. The molecule has 0 radical (unpaired) electrons. The molecule has 0 saturated heterocycles. The first-order valence-corrected chi connectivity index (χ1v) is 9.75. The first-order valence-electron chi connectivity index (χ1n) is 9.37. The van der Waals surface area contributed by atoms with E-state index in [4.69, 9.17) is 16.3 Å². The lowest BCUT2D eigenvalue weighted by molar-refractivity contribution is -0.168. The van der Waals surface area contributed by atoms with Crippen LogP contribution in [0.15, 0.2) is 24.3 Å². The summed E-state index contributed by atoms with van der Waals surface area (Å²) in [6.07, 6.45) is -3.66. The fourth-order valence-electron chi connectivity index (χ4n) is 4.61. The van der Waals surface area contributed by atoms with Crippen LogP contribution in [0.4, 0.5) is 17.6 Å². The lowest BCUT2D eigenvalue weighted by Gasteiger charge is -2.30. The highest BCUT2D eigenvalue weighted by atomic mass is 35.5. The minimum absolute atomic E-state index is 0.0256. The van der Waals surface area contributed by atoms with Crippen LogP contribution < -0.4 is 0 Å². The summed E-state index contributed by atoms with van der Waals surface area (Å²) in [7, 11) is 0. The molecule has 2 aliphatic rings. The van der Waals surface area contributed by atoms with E-state index >= 15 is 0 Å². The number of hydrogen-bond acceptors (Lipinski definition) is 3. The molecule has 0 amide bonds. The zero-order valence-electron chi connectivity index (χ0n) is 15.8. The maximum absolute atomic E-state index is 14.7. The van der Waals surface area contributed by atoms with Crippen molar-refractivity contribution in [2.24, 2.45) is 0 Å². The van der Waals surface area contributed by atoms with Gasteiger partial charge in [-0.2, -0.15) is 5.26 Å². The summed E-state index contributed by atoms with van der Waals surface area (Å²) in [5.74, 6) is -5.54. The van der Waals surface area contributed by atoms with E-state index in [1.54, 1.807) is 6.07 Å². The molecule has 0 aromatic heterocycles. The van der Waals surface area contributed by atoms with Gasteiger partial charge in [-0.1, -0.05) is 17.7 Å². The molecule has 0 aliphatic heterocycles. The molecule has 2 aromatic carbocycles. The molecule has 3 atom stereocenters. The molecule has 0 fully saturated rings. The Hall–Kier alpha value is -2.59. The average Bonchev–Trinajstić information content (AvgIpc) is 2.93. The number of fused-ring (bicyclic) bond motifs is 2. The lowest BCUT2D eigenvalue weighted by Crippen LogP contribution is -2.26. The first kappa shape index (κ1) is 20.7. The fourth-order valence-corrected chi connectivity index (χ4v) is 4.89. The maximum Gasteiger partial charge on any atom is 0.303 e. The summed E-state index contributed by atoms with van der Waals surface area (Å²) in [6.45, 7) is 1.04. The van der Waals surface area contributed by atoms with E-state index < -0.39 is 42.3 Å². The Balaban J connectivity index is 1.92. The Bertz CT molecular complexity index is 1100. The van der Waals surface area contributed by atoms with Gasteiger partial charge in [0.1, 0.15) is 12.0 Å². The van der Waals surface area contributed by atoms with Crippen molar-refractivity contribution in [1.82, 2.24) is 0 Å². The molecule has 2 aliphatic carbocycles. The summed E-state index contributed by atoms with van der Waals surface area (Å²) in [5.41, 5.74) is 1.05. The summed E-state index contributed by atoms with van der Waals surface area (Å²) in [5, 5.41) is 9.53. The maximum atomic E-state index is 14.7. The van der Waals surface area contributed by atoms with Gasteiger partial charge in [0, 0.05) is 29.8 Å². The first-order chi connectivity index (χ1) is 14.1. The average molecular weight is 438 g/mol. The van der Waals surface area contributed by atoms with Crippen LogP contribution in [-0.4, -0.2) is 11.9 Å². The van der Waals surface area contributed by atoms with Gasteiger partial charge in [0.25, 0.3) is 5.92 Å². The van der Waals surface area contributed by atoms with Crippen LogP contribution >= 0.6 is 11.6 Å². The smallest absolute Gasteiger partial charge is 0.303 e. The SMILES string of the molecule is CC(=O)O[C@H]1c2c(Cl)ccc([C@H]3CC[C@H](F)c4cc(F)cc(C#N)c43)c2CC1(F)F. The minimum atomic E-state index is -3.37. The van der Waals surface area contributed by atoms with Crippen LogP contribution in [0.1, 0.15) is 71.3 Å². The quantitative estimate of drug-likeness (QED) is 0.422. The Morgan fingerprint density at radius 3 is 2.63 bits per heavy atom. The highest BCUT2D eigenvalue weighted by Crippen LogP contribution is 2.53. The summed E-state index contributed by atoms with van der Waals surface area (Å²) in [4.78, 5) is 11.4. The summed E-state index contributed by atoms with van der Waals surface area (Å²) in [6, 6.07) is 6.98. The van der Waals surface area contributed by atoms with E-state index in [0.717, 1.165) is 19.1 Å². The van der Waals surface area contributed by atoms with E-state index in [9.17, 15) is 27.6 Å². The second kappa shape index (κ2) is 7.28. The van der Waals surface area contributed by atoms with E-state index in [-0.39, 0.29) is 40.1 Å². The predicted molar refractivity (Wildman–Crippen MR) is 101 cm³/mol. The van der Waals surface area contributed by atoms with Gasteiger partial charge in [-0.05, 0) is 53.3 Å². The van der Waals surface area contributed by atoms with Crippen molar-refractivity contribution in [3.8, 4) is 6.07 Å². The number of esters is 1. The molecule has 0 unspecified atom stereocenters. The summed E-state index contributed by atoms with van der Waals surface area (Å²) >= 11 is 6.20. The van der Waals surface area contributed by atoms with Gasteiger partial charge in [0.15, 0.2) is 6.10 Å². The van der Waals surface area contributed by atoms with Crippen LogP contribution in [0.3, 0.4) is 0 Å². The third kappa shape index (κ3) is 3.24. The Kier molecular flexibility index (Phi) is 5.01. The molecule has 30 heavy (non-hydrogen) atoms. The number of carbonyl (C=O) groups is 1. The Morgan fingerprint density at radius 1 is 1.23 bits per heavy atom. The zero-order chi connectivity index (χ0) is 21.8. The van der Waals surface area contributed by atoms with Crippen LogP contribution in [-0.2, 0) is 16.0 Å². The number of carbonyl (C=O) groups excluding carboxylic acids is 1. The van der Waals surface area contributed by atoms with Crippen LogP contribution in [0.5, 0.6) is 0 Å². The Labute approximate surface area is 175 Å². The molecule has 0 saturated carbocycles. The number of benzene rings is 2. The van der Waals surface area contributed by atoms with Crippen molar-refractivity contribution in [3.63, 3.8) is 0 Å². The van der Waals surface area contributed by atoms with Gasteiger partial charge < -0.3 is 4.74 Å². The topological polar surface area (TPSA) is 50.1 Å². The molecule has 156 valence electrons. The number of rotatable bonds is 2.